The third-order valence-electron chi connectivity index (χ3n) is 6.00. The first kappa shape index (κ1) is 23.9. The smallest absolute Gasteiger partial charge is 0.262 e. The van der Waals surface area contributed by atoms with Crippen LogP contribution in [-0.2, 0) is 4.79 Å². The Kier molecular flexibility index (Phi) is 6.36. The number of thiazole rings is 1. The maximum Gasteiger partial charge on any atom is 0.262 e. The predicted octanol–water partition coefficient (Wildman–Crippen LogP) is 5.89. The van der Waals surface area contributed by atoms with Crippen LogP contribution in [0.15, 0.2) is 101 Å². The molecule has 38 heavy (non-hydrogen) atoms. The van der Waals surface area contributed by atoms with Gasteiger partial charge in [-0.3, -0.25) is 4.79 Å². The van der Waals surface area contributed by atoms with Gasteiger partial charge in [-0.25, -0.2) is 14.7 Å². The van der Waals surface area contributed by atoms with Crippen molar-refractivity contribution < 1.29 is 9.53 Å². The number of carbonyl (C=O) groups is 1. The molecular weight excluding hydrogens is 520 g/mol. The molecule has 1 aliphatic heterocycles. The van der Waals surface area contributed by atoms with E-state index in [0.717, 1.165) is 28.2 Å². The summed E-state index contributed by atoms with van der Waals surface area (Å²) in [5.74, 6) is 0.448. The van der Waals surface area contributed by atoms with Gasteiger partial charge in [0.05, 0.1) is 34.1 Å². The van der Waals surface area contributed by atoms with Gasteiger partial charge in [-0.05, 0) is 55.0 Å². The summed E-state index contributed by atoms with van der Waals surface area (Å²) in [5, 5.41) is 10.4. The number of nitrogens with zero attached hydrogens (tertiary/aromatic N) is 5. The fourth-order valence-electron chi connectivity index (χ4n) is 4.05. The first-order valence-electron chi connectivity index (χ1n) is 11.8. The molecule has 1 amide bonds. The van der Waals surface area contributed by atoms with Crippen molar-refractivity contribution in [3.05, 3.63) is 106 Å². The SMILES string of the molecule is CC(=Nn1c(-c2ccc3c(c2)NC(=O)CO3)csc1=Nc1ccccc1Cl)c1ccc(-n2ccnc2)cc1. The molecule has 3 aromatic carbocycles. The maximum atomic E-state index is 11.9. The van der Waals surface area contributed by atoms with Gasteiger partial charge in [0.15, 0.2) is 6.61 Å². The molecule has 3 heterocycles. The summed E-state index contributed by atoms with van der Waals surface area (Å²) in [4.78, 5) is 21.5. The van der Waals surface area contributed by atoms with E-state index in [2.05, 4.69) is 10.3 Å². The molecule has 0 radical (unpaired) electrons. The lowest BCUT2D eigenvalue weighted by atomic mass is 10.1. The molecule has 1 aliphatic rings. The van der Waals surface area contributed by atoms with Crippen LogP contribution < -0.4 is 14.9 Å². The second-order valence-electron chi connectivity index (χ2n) is 8.53. The van der Waals surface area contributed by atoms with Crippen molar-refractivity contribution in [3.8, 4) is 22.7 Å². The topological polar surface area (TPSA) is 85.8 Å². The average Bonchev–Trinajstić information content (AvgIpc) is 3.61. The van der Waals surface area contributed by atoms with E-state index < -0.39 is 0 Å². The number of benzene rings is 3. The molecule has 0 atom stereocenters. The minimum Gasteiger partial charge on any atom is -0.482 e. The number of para-hydroxylation sites is 1. The lowest BCUT2D eigenvalue weighted by molar-refractivity contribution is -0.118. The summed E-state index contributed by atoms with van der Waals surface area (Å²) in [6.45, 7) is 1.97. The van der Waals surface area contributed by atoms with Crippen molar-refractivity contribution in [3.63, 3.8) is 0 Å². The van der Waals surface area contributed by atoms with Crippen LogP contribution >= 0.6 is 22.9 Å². The minimum absolute atomic E-state index is 0.00872. The highest BCUT2D eigenvalue weighted by Gasteiger charge is 2.18. The highest BCUT2D eigenvalue weighted by molar-refractivity contribution is 7.07. The third kappa shape index (κ3) is 4.77. The number of carbonyl (C=O) groups excluding carboxylic acids is 1. The van der Waals surface area contributed by atoms with E-state index >= 15 is 0 Å². The number of amides is 1. The molecule has 0 bridgehead atoms. The van der Waals surface area contributed by atoms with Gasteiger partial charge in [0.1, 0.15) is 5.75 Å². The monoisotopic (exact) mass is 540 g/mol. The molecule has 1 N–H and O–H groups in total. The summed E-state index contributed by atoms with van der Waals surface area (Å²) in [6.07, 6.45) is 5.41. The van der Waals surface area contributed by atoms with Gasteiger partial charge in [0, 0.05) is 29.0 Å². The van der Waals surface area contributed by atoms with Crippen molar-refractivity contribution in [2.45, 2.75) is 6.92 Å². The van der Waals surface area contributed by atoms with Crippen LogP contribution in [0, 0.1) is 0 Å². The minimum atomic E-state index is -0.185. The van der Waals surface area contributed by atoms with E-state index in [1.54, 1.807) is 17.2 Å². The molecule has 10 heteroatoms. The standard InChI is InChI=1S/C28H21ClN6O2S/c1-18(19-6-9-21(10-7-19)34-13-12-30-17-34)33-35-25(16-38-28(35)32-23-5-3-2-4-22(23)29)20-8-11-26-24(14-20)31-27(36)15-37-26/h2-14,16-17H,15H2,1H3,(H,31,36). The second-order valence-corrected chi connectivity index (χ2v) is 9.77. The number of halogens is 1. The maximum absolute atomic E-state index is 11.9. The summed E-state index contributed by atoms with van der Waals surface area (Å²) >= 11 is 7.86. The van der Waals surface area contributed by atoms with Crippen molar-refractivity contribution in [1.82, 2.24) is 14.2 Å². The number of ether oxygens (including phenoxy) is 1. The van der Waals surface area contributed by atoms with Gasteiger partial charge in [-0.2, -0.15) is 5.10 Å². The average molecular weight is 541 g/mol. The van der Waals surface area contributed by atoms with Crippen molar-refractivity contribution >= 4 is 45.9 Å². The van der Waals surface area contributed by atoms with Gasteiger partial charge in [-0.1, -0.05) is 35.9 Å². The summed E-state index contributed by atoms with van der Waals surface area (Å²) < 4.78 is 9.28. The quantitative estimate of drug-likeness (QED) is 0.282. The van der Waals surface area contributed by atoms with Crippen LogP contribution in [0.3, 0.4) is 0 Å². The molecule has 8 nitrogen and oxygen atoms in total. The predicted molar refractivity (Wildman–Crippen MR) is 150 cm³/mol. The Hall–Kier alpha value is -4.47. The Morgan fingerprint density at radius 3 is 2.76 bits per heavy atom. The Bertz CT molecular complexity index is 1740. The van der Waals surface area contributed by atoms with Crippen molar-refractivity contribution in [2.24, 2.45) is 10.1 Å². The number of imidazole rings is 1. The fourth-order valence-corrected chi connectivity index (χ4v) is 5.08. The van der Waals surface area contributed by atoms with E-state index in [0.29, 0.717) is 26.9 Å². The molecule has 6 rings (SSSR count). The van der Waals surface area contributed by atoms with Crippen LogP contribution in [0.4, 0.5) is 11.4 Å². The number of aromatic nitrogens is 3. The molecule has 0 spiro atoms. The normalized spacial score (nSPS) is 13.7. The zero-order valence-corrected chi connectivity index (χ0v) is 21.8. The fraction of sp³-hybridized carbons (Fsp3) is 0.0714. The van der Waals surface area contributed by atoms with E-state index in [9.17, 15) is 4.79 Å². The lowest BCUT2D eigenvalue weighted by Gasteiger charge is -2.18. The lowest BCUT2D eigenvalue weighted by Crippen LogP contribution is -2.25. The van der Waals surface area contributed by atoms with E-state index in [1.165, 1.54) is 11.3 Å². The Morgan fingerprint density at radius 1 is 1.13 bits per heavy atom. The third-order valence-corrected chi connectivity index (χ3v) is 7.14. The molecule has 0 unspecified atom stereocenters. The van der Waals surface area contributed by atoms with Gasteiger partial charge in [0.2, 0.25) is 4.80 Å². The van der Waals surface area contributed by atoms with Crippen molar-refractivity contribution in [2.75, 3.05) is 11.9 Å². The van der Waals surface area contributed by atoms with Crippen molar-refractivity contribution in [1.29, 1.82) is 0 Å². The Balaban J connectivity index is 1.46. The molecule has 0 saturated carbocycles. The molecule has 0 saturated heterocycles. The van der Waals surface area contributed by atoms with Gasteiger partial charge in [-0.15, -0.1) is 11.3 Å². The first-order chi connectivity index (χ1) is 18.5. The van der Waals surface area contributed by atoms with Crippen LogP contribution in [-0.4, -0.2) is 32.5 Å². The summed E-state index contributed by atoms with van der Waals surface area (Å²) in [5.41, 5.74) is 5.73. The van der Waals surface area contributed by atoms with Gasteiger partial charge in [0.25, 0.3) is 5.91 Å². The zero-order valence-electron chi connectivity index (χ0n) is 20.2. The highest BCUT2D eigenvalue weighted by atomic mass is 35.5. The van der Waals surface area contributed by atoms with Gasteiger partial charge >= 0.3 is 0 Å². The molecule has 2 aromatic heterocycles. The molecule has 188 valence electrons. The zero-order chi connectivity index (χ0) is 26.1. The van der Waals surface area contributed by atoms with E-state index in [1.807, 2.05) is 89.8 Å². The molecule has 5 aromatic rings. The molecular formula is C28H21ClN6O2S. The molecule has 0 fully saturated rings. The molecule has 0 aliphatic carbocycles. The largest absolute Gasteiger partial charge is 0.482 e. The van der Waals surface area contributed by atoms with Crippen LogP contribution in [0.1, 0.15) is 12.5 Å². The highest BCUT2D eigenvalue weighted by Crippen LogP contribution is 2.33. The number of hydrogen-bond acceptors (Lipinski definition) is 6. The van der Waals surface area contributed by atoms with Crippen LogP contribution in [0.25, 0.3) is 16.9 Å². The Labute approximate surface area is 227 Å². The van der Waals surface area contributed by atoms with Gasteiger partial charge < -0.3 is 14.6 Å². The number of anilines is 1. The number of hydrogen-bond donors (Lipinski definition) is 1. The number of fused-ring (bicyclic) bond motifs is 1. The van der Waals surface area contributed by atoms with Crippen LogP contribution in [0.2, 0.25) is 5.02 Å². The number of nitrogens with one attached hydrogen (secondary N) is 1. The Morgan fingerprint density at radius 2 is 1.97 bits per heavy atom. The second kappa shape index (κ2) is 10.1. The van der Waals surface area contributed by atoms with E-state index in [-0.39, 0.29) is 12.5 Å². The first-order valence-corrected chi connectivity index (χ1v) is 13.0. The summed E-state index contributed by atoms with van der Waals surface area (Å²) in [7, 11) is 0. The van der Waals surface area contributed by atoms with E-state index in [4.69, 9.17) is 26.4 Å². The summed E-state index contributed by atoms with van der Waals surface area (Å²) in [6, 6.07) is 21.2. The number of rotatable bonds is 5. The van der Waals surface area contributed by atoms with Crippen LogP contribution in [0.5, 0.6) is 5.75 Å².